The van der Waals surface area contributed by atoms with E-state index in [1.165, 1.54) is 0 Å². The summed E-state index contributed by atoms with van der Waals surface area (Å²) in [6.07, 6.45) is 0.575. The van der Waals surface area contributed by atoms with E-state index in [2.05, 4.69) is 0 Å². The highest BCUT2D eigenvalue weighted by Gasteiger charge is 2.26. The lowest BCUT2D eigenvalue weighted by atomic mass is 10.0. The minimum atomic E-state index is -4.56. The van der Waals surface area contributed by atoms with Gasteiger partial charge in [0, 0.05) is 17.5 Å². The molecule has 0 aromatic heterocycles. The summed E-state index contributed by atoms with van der Waals surface area (Å²) >= 11 is 0. The van der Waals surface area contributed by atoms with Gasteiger partial charge in [-0.1, -0.05) is 30.3 Å². The van der Waals surface area contributed by atoms with E-state index in [-0.39, 0.29) is 5.75 Å². The van der Waals surface area contributed by atoms with Gasteiger partial charge in [-0.15, -0.1) is 0 Å². The van der Waals surface area contributed by atoms with Gasteiger partial charge < -0.3 is 9.26 Å². The van der Waals surface area contributed by atoms with Crippen molar-refractivity contribution in [1.82, 2.24) is 0 Å². The first kappa shape index (κ1) is 13.2. The van der Waals surface area contributed by atoms with Crippen molar-refractivity contribution in [3.8, 4) is 22.6 Å². The molecule has 2 aromatic rings. The van der Waals surface area contributed by atoms with Crippen molar-refractivity contribution in [2.45, 2.75) is 6.42 Å². The average molecular weight is 292 g/mol. The third-order valence-electron chi connectivity index (χ3n) is 3.12. The van der Waals surface area contributed by atoms with E-state index < -0.39 is 7.82 Å². The lowest BCUT2D eigenvalue weighted by Gasteiger charge is -2.13. The van der Waals surface area contributed by atoms with Crippen molar-refractivity contribution in [2.75, 3.05) is 6.61 Å². The number of rotatable bonds is 3. The van der Waals surface area contributed by atoms with Gasteiger partial charge in [-0.25, -0.2) is 4.57 Å². The van der Waals surface area contributed by atoms with Crippen LogP contribution < -0.4 is 9.26 Å². The molecule has 5 nitrogen and oxygen atoms in total. The number of hydrogen-bond donors (Lipinski definition) is 2. The van der Waals surface area contributed by atoms with Crippen LogP contribution in [-0.4, -0.2) is 16.4 Å². The molecule has 1 aliphatic heterocycles. The largest absolute Gasteiger partial charge is 0.524 e. The van der Waals surface area contributed by atoms with Crippen LogP contribution in [0.3, 0.4) is 0 Å². The summed E-state index contributed by atoms with van der Waals surface area (Å²) in [5, 5.41) is 0. The number of hydrogen-bond acceptors (Lipinski definition) is 3. The Kier molecular flexibility index (Phi) is 3.26. The predicted molar refractivity (Wildman–Crippen MR) is 73.7 cm³/mol. The van der Waals surface area contributed by atoms with Crippen molar-refractivity contribution in [1.29, 1.82) is 0 Å². The van der Waals surface area contributed by atoms with Crippen LogP contribution in [0.5, 0.6) is 11.5 Å². The molecule has 0 radical (unpaired) electrons. The Labute approximate surface area is 116 Å². The highest BCUT2D eigenvalue weighted by Crippen LogP contribution is 2.46. The molecule has 0 unspecified atom stereocenters. The summed E-state index contributed by atoms with van der Waals surface area (Å²) in [6.45, 7) is 0.483. The van der Waals surface area contributed by atoms with E-state index >= 15 is 0 Å². The maximum absolute atomic E-state index is 11.0. The minimum absolute atomic E-state index is 0.186. The van der Waals surface area contributed by atoms with Crippen LogP contribution in [0.1, 0.15) is 5.56 Å². The second kappa shape index (κ2) is 4.94. The molecule has 0 atom stereocenters. The molecule has 0 bridgehead atoms. The van der Waals surface area contributed by atoms with Crippen molar-refractivity contribution >= 4 is 7.82 Å². The maximum atomic E-state index is 11.0. The van der Waals surface area contributed by atoms with Crippen molar-refractivity contribution in [3.05, 3.63) is 48.0 Å². The van der Waals surface area contributed by atoms with E-state index in [4.69, 9.17) is 19.0 Å². The molecule has 0 spiro atoms. The van der Waals surface area contributed by atoms with E-state index in [1.54, 1.807) is 12.1 Å². The van der Waals surface area contributed by atoms with Crippen molar-refractivity contribution in [2.24, 2.45) is 0 Å². The second-order valence-electron chi connectivity index (χ2n) is 4.47. The Morgan fingerprint density at radius 2 is 1.85 bits per heavy atom. The Bertz CT molecular complexity index is 677. The Morgan fingerprint density at radius 1 is 1.10 bits per heavy atom. The molecule has 1 aliphatic rings. The Morgan fingerprint density at radius 3 is 2.55 bits per heavy atom. The molecule has 6 heteroatoms. The van der Waals surface area contributed by atoms with Crippen LogP contribution >= 0.6 is 7.82 Å². The number of phosphoric acid groups is 1. The van der Waals surface area contributed by atoms with Crippen LogP contribution in [0.25, 0.3) is 11.1 Å². The molecule has 2 aromatic carbocycles. The summed E-state index contributed by atoms with van der Waals surface area (Å²) in [5.41, 5.74) is 2.60. The highest BCUT2D eigenvalue weighted by atomic mass is 31.2. The number of phosphoric ester groups is 1. The molecule has 0 saturated heterocycles. The molecule has 1 heterocycles. The maximum Gasteiger partial charge on any atom is 0.524 e. The molecular weight excluding hydrogens is 279 g/mol. The fourth-order valence-electron chi connectivity index (χ4n) is 2.33. The smallest absolute Gasteiger partial charge is 0.492 e. The van der Waals surface area contributed by atoms with Gasteiger partial charge in [0.25, 0.3) is 0 Å². The summed E-state index contributed by atoms with van der Waals surface area (Å²) < 4.78 is 21.3. The van der Waals surface area contributed by atoms with E-state index in [1.807, 2.05) is 30.3 Å². The summed E-state index contributed by atoms with van der Waals surface area (Å²) in [7, 11) is -4.56. The van der Waals surface area contributed by atoms with Crippen molar-refractivity contribution in [3.63, 3.8) is 0 Å². The topological polar surface area (TPSA) is 76.0 Å². The summed E-state index contributed by atoms with van der Waals surface area (Å²) in [6, 6.07) is 13.0. The predicted octanol–water partition coefficient (Wildman–Crippen LogP) is 2.76. The second-order valence-corrected chi connectivity index (χ2v) is 5.63. The molecule has 2 N–H and O–H groups in total. The first-order chi connectivity index (χ1) is 9.54. The van der Waals surface area contributed by atoms with Gasteiger partial charge in [-0.05, 0) is 17.7 Å². The lowest BCUT2D eigenvalue weighted by Crippen LogP contribution is -1.94. The van der Waals surface area contributed by atoms with Gasteiger partial charge >= 0.3 is 7.82 Å². The average Bonchev–Trinajstić information content (AvgIpc) is 2.88. The summed E-state index contributed by atoms with van der Waals surface area (Å²) in [4.78, 5) is 17.9. The van der Waals surface area contributed by atoms with E-state index in [0.717, 1.165) is 11.1 Å². The van der Waals surface area contributed by atoms with E-state index in [0.29, 0.717) is 24.3 Å². The van der Waals surface area contributed by atoms with Crippen LogP contribution in [0.4, 0.5) is 0 Å². The zero-order valence-electron chi connectivity index (χ0n) is 10.5. The zero-order valence-corrected chi connectivity index (χ0v) is 11.4. The number of fused-ring (bicyclic) bond motifs is 1. The molecule has 3 rings (SSSR count). The zero-order chi connectivity index (χ0) is 14.2. The van der Waals surface area contributed by atoms with Gasteiger partial charge in [-0.3, -0.25) is 9.79 Å². The Balaban J connectivity index is 2.08. The van der Waals surface area contributed by atoms with E-state index in [9.17, 15) is 4.57 Å². The standard InChI is InChI=1S/C14H13O5P/c15-20(16,17)19-13-7-6-11(10-4-2-1-3-5-10)14-12(13)8-9-18-14/h1-7H,8-9H2,(H2,15,16,17). The Hall–Kier alpha value is -1.81. The molecule has 0 aliphatic carbocycles. The summed E-state index contributed by atoms with van der Waals surface area (Å²) in [5.74, 6) is 0.827. The molecule has 104 valence electrons. The van der Waals surface area contributed by atoms with Crippen LogP contribution in [-0.2, 0) is 11.0 Å². The SMILES string of the molecule is O=P(O)(O)Oc1ccc(-c2ccccc2)c2c1CCO2. The van der Waals surface area contributed by atoms with Crippen LogP contribution in [0.15, 0.2) is 42.5 Å². The van der Waals surface area contributed by atoms with Gasteiger partial charge in [0.15, 0.2) is 0 Å². The third kappa shape index (κ3) is 2.56. The van der Waals surface area contributed by atoms with Crippen LogP contribution in [0.2, 0.25) is 0 Å². The fourth-order valence-corrected chi connectivity index (χ4v) is 2.75. The molecule has 20 heavy (non-hydrogen) atoms. The number of ether oxygens (including phenoxy) is 1. The van der Waals surface area contributed by atoms with Gasteiger partial charge in [0.05, 0.1) is 6.61 Å². The monoisotopic (exact) mass is 292 g/mol. The highest BCUT2D eigenvalue weighted by molar-refractivity contribution is 7.46. The quantitative estimate of drug-likeness (QED) is 0.851. The minimum Gasteiger partial charge on any atom is -0.492 e. The molecule has 0 amide bonds. The first-order valence-electron chi connectivity index (χ1n) is 6.14. The van der Waals surface area contributed by atoms with Crippen LogP contribution in [0, 0.1) is 0 Å². The lowest BCUT2D eigenvalue weighted by molar-refractivity contribution is 0.282. The van der Waals surface area contributed by atoms with Crippen molar-refractivity contribution < 1.29 is 23.6 Å². The molecule has 0 fully saturated rings. The molecule has 0 saturated carbocycles. The van der Waals surface area contributed by atoms with Gasteiger partial charge in [0.2, 0.25) is 0 Å². The first-order valence-corrected chi connectivity index (χ1v) is 7.67. The fraction of sp³-hybridized carbons (Fsp3) is 0.143. The van der Waals surface area contributed by atoms with Gasteiger partial charge in [0.1, 0.15) is 11.5 Å². The normalized spacial score (nSPS) is 13.7. The number of benzene rings is 2. The third-order valence-corrected chi connectivity index (χ3v) is 3.55. The van der Waals surface area contributed by atoms with Gasteiger partial charge in [-0.2, -0.15) is 0 Å². The molecular formula is C14H13O5P.